The third kappa shape index (κ3) is 4.91. The molecule has 0 aromatic heterocycles. The van der Waals surface area contributed by atoms with Crippen molar-refractivity contribution in [1.82, 2.24) is 9.80 Å². The molecule has 1 fully saturated rings. The lowest BCUT2D eigenvalue weighted by molar-refractivity contribution is -0.147. The van der Waals surface area contributed by atoms with Crippen LogP contribution in [0.2, 0.25) is 0 Å². The van der Waals surface area contributed by atoms with Gasteiger partial charge in [-0.15, -0.1) is 0 Å². The first-order valence-electron chi connectivity index (χ1n) is 10.4. The normalized spacial score (nSPS) is 21.8. The smallest absolute Gasteiger partial charge is 0.266 e. The molecule has 6 nitrogen and oxygen atoms in total. The molecule has 0 saturated carbocycles. The summed E-state index contributed by atoms with van der Waals surface area (Å²) in [6, 6.07) is 10.3. The van der Waals surface area contributed by atoms with Crippen LogP contribution in [0, 0.1) is 5.92 Å². The summed E-state index contributed by atoms with van der Waals surface area (Å²) in [4.78, 5) is 34.7. The summed E-state index contributed by atoms with van der Waals surface area (Å²) in [5.74, 6) is 0.0302. The molecule has 2 aliphatic heterocycles. The van der Waals surface area contributed by atoms with Gasteiger partial charge < -0.3 is 14.6 Å². The van der Waals surface area contributed by atoms with Gasteiger partial charge in [-0.25, -0.2) is 0 Å². The van der Waals surface area contributed by atoms with Crippen molar-refractivity contribution >= 4 is 17.5 Å². The molecule has 0 bridgehead atoms. The van der Waals surface area contributed by atoms with Crippen molar-refractivity contribution in [2.24, 2.45) is 11.1 Å². The number of amides is 2. The van der Waals surface area contributed by atoms with Gasteiger partial charge >= 0.3 is 0 Å². The van der Waals surface area contributed by atoms with E-state index in [1.54, 1.807) is 4.90 Å². The monoisotopic (exact) mass is 385 g/mol. The van der Waals surface area contributed by atoms with Crippen LogP contribution in [0.3, 0.4) is 0 Å². The fraction of sp³-hybridized carbons (Fsp3) is 0.591. The molecule has 2 heterocycles. The molecule has 2 atom stereocenters. The molecule has 3 rings (SSSR count). The molecule has 152 valence electrons. The molecule has 1 aromatic carbocycles. The number of aryl methyl sites for hydroxylation is 1. The van der Waals surface area contributed by atoms with Gasteiger partial charge in [-0.2, -0.15) is 0 Å². The number of likely N-dealkylation sites (tertiary alicyclic amines) is 1. The molecule has 6 heteroatoms. The standard InChI is InChI=1S/C22H31N3O3/c1-3-24(4-2)21(26)18-11-8-14-25(16-18)22(27)20-15-19(23-28-20)13-12-17-9-6-5-7-10-17/h5-7,9-10,18,20H,3-4,8,11-16H2,1-2H3. The van der Waals surface area contributed by atoms with Gasteiger partial charge in [0.1, 0.15) is 0 Å². The summed E-state index contributed by atoms with van der Waals surface area (Å²) >= 11 is 0. The molecule has 2 amide bonds. The summed E-state index contributed by atoms with van der Waals surface area (Å²) in [5, 5.41) is 4.15. The number of piperidine rings is 1. The Labute approximate surface area is 167 Å². The van der Waals surface area contributed by atoms with E-state index < -0.39 is 6.10 Å². The number of hydrogen-bond donors (Lipinski definition) is 0. The lowest BCUT2D eigenvalue weighted by Crippen LogP contribution is -2.49. The Kier molecular flexibility index (Phi) is 7.06. The first-order valence-corrected chi connectivity index (χ1v) is 10.4. The Bertz CT molecular complexity index is 700. The number of carbonyl (C=O) groups excluding carboxylic acids is 2. The zero-order valence-electron chi connectivity index (χ0n) is 17.0. The van der Waals surface area contributed by atoms with E-state index in [-0.39, 0.29) is 17.7 Å². The highest BCUT2D eigenvalue weighted by Crippen LogP contribution is 2.23. The van der Waals surface area contributed by atoms with Crippen LogP contribution in [-0.2, 0) is 20.8 Å². The number of nitrogens with zero attached hydrogens (tertiary/aromatic N) is 3. The summed E-state index contributed by atoms with van der Waals surface area (Å²) in [5.41, 5.74) is 2.20. The maximum Gasteiger partial charge on any atom is 0.266 e. The molecular weight excluding hydrogens is 354 g/mol. The van der Waals surface area contributed by atoms with Gasteiger partial charge in [-0.3, -0.25) is 9.59 Å². The van der Waals surface area contributed by atoms with Gasteiger partial charge in [0, 0.05) is 32.6 Å². The van der Waals surface area contributed by atoms with E-state index in [0.717, 1.165) is 31.4 Å². The van der Waals surface area contributed by atoms with Gasteiger partial charge in [-0.05, 0) is 45.1 Å². The van der Waals surface area contributed by atoms with Gasteiger partial charge in [-0.1, -0.05) is 35.5 Å². The Morgan fingerprint density at radius 3 is 2.64 bits per heavy atom. The highest BCUT2D eigenvalue weighted by Gasteiger charge is 2.36. The Morgan fingerprint density at radius 1 is 1.18 bits per heavy atom. The predicted octanol–water partition coefficient (Wildman–Crippen LogP) is 2.87. The van der Waals surface area contributed by atoms with Crippen molar-refractivity contribution in [2.75, 3.05) is 26.2 Å². The van der Waals surface area contributed by atoms with Crippen LogP contribution in [0.25, 0.3) is 0 Å². The van der Waals surface area contributed by atoms with Crippen LogP contribution in [0.4, 0.5) is 0 Å². The lowest BCUT2D eigenvalue weighted by atomic mass is 9.95. The van der Waals surface area contributed by atoms with E-state index in [4.69, 9.17) is 4.84 Å². The number of oxime groups is 1. The highest BCUT2D eigenvalue weighted by atomic mass is 16.6. The molecular formula is C22H31N3O3. The molecule has 0 radical (unpaired) electrons. The Morgan fingerprint density at radius 2 is 1.93 bits per heavy atom. The fourth-order valence-electron chi connectivity index (χ4n) is 4.02. The van der Waals surface area contributed by atoms with Crippen molar-refractivity contribution in [3.8, 4) is 0 Å². The van der Waals surface area contributed by atoms with Crippen LogP contribution < -0.4 is 0 Å². The van der Waals surface area contributed by atoms with Gasteiger partial charge in [0.2, 0.25) is 12.0 Å². The van der Waals surface area contributed by atoms with Gasteiger partial charge in [0.25, 0.3) is 5.91 Å². The number of hydrogen-bond acceptors (Lipinski definition) is 4. The Hall–Kier alpha value is -2.37. The molecule has 28 heavy (non-hydrogen) atoms. The van der Waals surface area contributed by atoms with Crippen molar-refractivity contribution in [1.29, 1.82) is 0 Å². The molecule has 0 aliphatic carbocycles. The van der Waals surface area contributed by atoms with Gasteiger partial charge in [0.05, 0.1) is 11.6 Å². The van der Waals surface area contributed by atoms with Crippen molar-refractivity contribution in [2.45, 2.75) is 52.1 Å². The lowest BCUT2D eigenvalue weighted by Gasteiger charge is -2.35. The van der Waals surface area contributed by atoms with Crippen LogP contribution in [0.5, 0.6) is 0 Å². The largest absolute Gasteiger partial charge is 0.382 e. The summed E-state index contributed by atoms with van der Waals surface area (Å²) < 4.78 is 0. The average molecular weight is 386 g/mol. The van der Waals surface area contributed by atoms with E-state index in [2.05, 4.69) is 17.3 Å². The van der Waals surface area contributed by atoms with Crippen LogP contribution in [-0.4, -0.2) is 59.6 Å². The van der Waals surface area contributed by atoms with Crippen molar-refractivity contribution in [3.63, 3.8) is 0 Å². The zero-order valence-corrected chi connectivity index (χ0v) is 17.0. The number of rotatable bonds is 7. The second kappa shape index (κ2) is 9.71. The van der Waals surface area contributed by atoms with E-state index in [1.807, 2.05) is 36.9 Å². The van der Waals surface area contributed by atoms with Crippen LogP contribution >= 0.6 is 0 Å². The molecule has 0 spiro atoms. The van der Waals surface area contributed by atoms with E-state index in [1.165, 1.54) is 5.56 Å². The molecule has 2 aliphatic rings. The SMILES string of the molecule is CCN(CC)C(=O)C1CCCN(C(=O)C2CC(CCc3ccccc3)=NO2)C1. The van der Waals surface area contributed by atoms with E-state index in [9.17, 15) is 9.59 Å². The fourth-order valence-corrected chi connectivity index (χ4v) is 4.02. The number of benzene rings is 1. The maximum absolute atomic E-state index is 12.9. The first kappa shape index (κ1) is 20.4. The minimum Gasteiger partial charge on any atom is -0.382 e. The Balaban J connectivity index is 1.50. The van der Waals surface area contributed by atoms with Crippen LogP contribution in [0.15, 0.2) is 35.5 Å². The predicted molar refractivity (Wildman–Crippen MR) is 109 cm³/mol. The minimum absolute atomic E-state index is 0.0319. The van der Waals surface area contributed by atoms with Gasteiger partial charge in [0.15, 0.2) is 0 Å². The quantitative estimate of drug-likeness (QED) is 0.725. The van der Waals surface area contributed by atoms with Crippen molar-refractivity contribution in [3.05, 3.63) is 35.9 Å². The number of carbonyl (C=O) groups is 2. The maximum atomic E-state index is 12.9. The molecule has 1 saturated heterocycles. The summed E-state index contributed by atoms with van der Waals surface area (Å²) in [6.07, 6.45) is 3.43. The van der Waals surface area contributed by atoms with E-state index in [0.29, 0.717) is 32.6 Å². The minimum atomic E-state index is -0.534. The second-order valence-corrected chi connectivity index (χ2v) is 7.58. The second-order valence-electron chi connectivity index (χ2n) is 7.58. The summed E-state index contributed by atoms with van der Waals surface area (Å²) in [7, 11) is 0. The third-order valence-electron chi connectivity index (χ3n) is 5.71. The first-order chi connectivity index (χ1) is 13.6. The molecule has 0 N–H and O–H groups in total. The van der Waals surface area contributed by atoms with Crippen molar-refractivity contribution < 1.29 is 14.4 Å². The molecule has 2 unspecified atom stereocenters. The third-order valence-corrected chi connectivity index (χ3v) is 5.71. The topological polar surface area (TPSA) is 62.2 Å². The zero-order chi connectivity index (χ0) is 19.9. The van der Waals surface area contributed by atoms with Crippen LogP contribution in [0.1, 0.15) is 45.1 Å². The highest BCUT2D eigenvalue weighted by molar-refractivity contribution is 5.93. The average Bonchev–Trinajstić information content (AvgIpc) is 3.22. The van der Waals surface area contributed by atoms with E-state index >= 15 is 0 Å². The molecule has 1 aromatic rings. The summed E-state index contributed by atoms with van der Waals surface area (Å²) in [6.45, 7) is 6.60.